The molecule has 3 aromatic carbocycles. The molecule has 0 heterocycles. The fourth-order valence-electron chi connectivity index (χ4n) is 4.74. The number of esters is 4. The van der Waals surface area contributed by atoms with Crippen molar-refractivity contribution in [3.63, 3.8) is 0 Å². The number of Topliss-reactive ketones (excluding diaryl/α,β-unsaturated/α-hetero) is 1. The van der Waals surface area contributed by atoms with E-state index >= 15 is 0 Å². The second kappa shape index (κ2) is 19.9. The summed E-state index contributed by atoms with van der Waals surface area (Å²) >= 11 is 0. The van der Waals surface area contributed by atoms with Gasteiger partial charge in [0.1, 0.15) is 5.75 Å². The van der Waals surface area contributed by atoms with E-state index in [9.17, 15) is 24.0 Å². The van der Waals surface area contributed by atoms with Crippen LogP contribution < -0.4 is 4.74 Å². The van der Waals surface area contributed by atoms with Gasteiger partial charge in [-0.1, -0.05) is 95.7 Å². The van der Waals surface area contributed by atoms with Gasteiger partial charge < -0.3 is 18.9 Å². The van der Waals surface area contributed by atoms with Crippen LogP contribution in [0.5, 0.6) is 5.75 Å². The van der Waals surface area contributed by atoms with E-state index in [1.807, 2.05) is 50.2 Å². The van der Waals surface area contributed by atoms with Crippen molar-refractivity contribution in [1.82, 2.24) is 0 Å². The Morgan fingerprint density at radius 2 is 1.08 bits per heavy atom. The van der Waals surface area contributed by atoms with Gasteiger partial charge in [-0.3, -0.25) is 4.79 Å². The molecule has 0 saturated heterocycles. The van der Waals surface area contributed by atoms with Gasteiger partial charge in [0.05, 0.1) is 17.7 Å². The van der Waals surface area contributed by atoms with Gasteiger partial charge >= 0.3 is 23.9 Å². The summed E-state index contributed by atoms with van der Waals surface area (Å²) in [6.45, 7) is 9.05. The Morgan fingerprint density at radius 1 is 0.571 bits per heavy atom. The van der Waals surface area contributed by atoms with E-state index in [-0.39, 0.29) is 29.6 Å². The van der Waals surface area contributed by atoms with E-state index in [4.69, 9.17) is 18.9 Å². The third kappa shape index (κ3) is 12.6. The summed E-state index contributed by atoms with van der Waals surface area (Å²) in [7, 11) is 0. The third-order valence-electron chi connectivity index (χ3n) is 8.17. The van der Waals surface area contributed by atoms with Crippen molar-refractivity contribution in [3.05, 3.63) is 89.5 Å². The first-order valence-corrected chi connectivity index (χ1v) is 17.2. The maximum atomic E-state index is 12.8. The number of carbonyl (C=O) groups is 5. The zero-order valence-electron chi connectivity index (χ0n) is 29.2. The predicted molar refractivity (Wildman–Crippen MR) is 186 cm³/mol. The minimum absolute atomic E-state index is 0.125. The largest absolute Gasteiger partial charge is 0.463 e. The molecule has 0 N–H and O–H groups in total. The van der Waals surface area contributed by atoms with Gasteiger partial charge in [0.2, 0.25) is 0 Å². The molecule has 0 aliphatic rings. The summed E-state index contributed by atoms with van der Waals surface area (Å²) in [6, 6.07) is 20.1. The molecule has 0 aromatic heterocycles. The average Bonchev–Trinajstić information content (AvgIpc) is 3.11. The first-order valence-electron chi connectivity index (χ1n) is 17.2. The van der Waals surface area contributed by atoms with Crippen LogP contribution in [0, 0.1) is 5.92 Å². The normalized spacial score (nSPS) is 12.7. The summed E-state index contributed by atoms with van der Waals surface area (Å²) in [5.74, 6) is -2.38. The third-order valence-corrected chi connectivity index (χ3v) is 8.17. The number of carbonyl (C=O) groups excluding carboxylic acids is 5. The highest BCUT2D eigenvalue weighted by Gasteiger charge is 2.26. The molecule has 3 atom stereocenters. The molecule has 3 aromatic rings. The van der Waals surface area contributed by atoms with E-state index in [0.717, 1.165) is 30.4 Å². The molecule has 0 aliphatic carbocycles. The summed E-state index contributed by atoms with van der Waals surface area (Å²) < 4.78 is 20.9. The summed E-state index contributed by atoms with van der Waals surface area (Å²) in [4.78, 5) is 62.3. The van der Waals surface area contributed by atoms with Gasteiger partial charge in [0, 0.05) is 12.0 Å². The number of unbranched alkanes of at least 4 members (excludes halogenated alkanes) is 5. The van der Waals surface area contributed by atoms with Crippen LogP contribution in [-0.2, 0) is 23.8 Å². The Hall–Kier alpha value is -4.79. The van der Waals surface area contributed by atoms with E-state index in [2.05, 4.69) is 6.92 Å². The van der Waals surface area contributed by atoms with Crippen LogP contribution in [0.1, 0.15) is 117 Å². The molecule has 0 saturated carbocycles. The molecular weight excluding hydrogens is 624 g/mol. The topological polar surface area (TPSA) is 122 Å². The Balaban J connectivity index is 1.47. The first-order chi connectivity index (χ1) is 23.5. The van der Waals surface area contributed by atoms with Crippen molar-refractivity contribution in [3.8, 4) is 16.9 Å². The monoisotopic (exact) mass is 672 g/mol. The second-order valence-corrected chi connectivity index (χ2v) is 12.3. The number of hydrogen-bond acceptors (Lipinski definition) is 9. The lowest BCUT2D eigenvalue weighted by Crippen LogP contribution is -2.33. The van der Waals surface area contributed by atoms with Gasteiger partial charge in [0.15, 0.2) is 18.0 Å². The van der Waals surface area contributed by atoms with Crippen LogP contribution in [-0.4, -0.2) is 48.5 Å². The maximum absolute atomic E-state index is 12.8. The van der Waals surface area contributed by atoms with Crippen LogP contribution in [0.2, 0.25) is 0 Å². The highest BCUT2D eigenvalue weighted by Crippen LogP contribution is 2.23. The molecule has 0 aliphatic heterocycles. The molecule has 0 bridgehead atoms. The van der Waals surface area contributed by atoms with Gasteiger partial charge in [-0.05, 0) is 73.7 Å². The number of rotatable bonds is 19. The zero-order chi connectivity index (χ0) is 35.8. The Bertz CT molecular complexity index is 1530. The van der Waals surface area contributed by atoms with E-state index < -0.39 is 36.1 Å². The molecule has 3 unspecified atom stereocenters. The molecule has 0 amide bonds. The van der Waals surface area contributed by atoms with Gasteiger partial charge in [-0.25, -0.2) is 19.2 Å². The second-order valence-electron chi connectivity index (χ2n) is 12.3. The first kappa shape index (κ1) is 38.7. The fourth-order valence-corrected chi connectivity index (χ4v) is 4.74. The zero-order valence-corrected chi connectivity index (χ0v) is 29.2. The number of benzene rings is 3. The predicted octanol–water partition coefficient (Wildman–Crippen LogP) is 8.57. The standard InChI is InChI=1S/C40H48O9/c1-6-8-9-10-11-12-13-36(41)32-18-14-30(15-19-32)31-16-20-33(21-17-31)40(45)49-35-24-22-34(23-25-35)39(44)48-29(5)38(43)47-28(4)37(42)46-26-27(3)7-2/h14-25,27-29H,6-13,26H2,1-5H3. The molecule has 9 heteroatoms. The lowest BCUT2D eigenvalue weighted by atomic mass is 9.99. The lowest BCUT2D eigenvalue weighted by molar-refractivity contribution is -0.172. The Morgan fingerprint density at radius 3 is 1.67 bits per heavy atom. The van der Waals surface area contributed by atoms with Crippen LogP contribution in [0.3, 0.4) is 0 Å². The van der Waals surface area contributed by atoms with E-state index in [0.29, 0.717) is 17.5 Å². The Kier molecular flexibility index (Phi) is 15.7. The molecule has 9 nitrogen and oxygen atoms in total. The van der Waals surface area contributed by atoms with Crippen molar-refractivity contribution in [2.24, 2.45) is 5.92 Å². The van der Waals surface area contributed by atoms with Crippen molar-refractivity contribution >= 4 is 29.7 Å². The van der Waals surface area contributed by atoms with Crippen LogP contribution in [0.25, 0.3) is 11.1 Å². The summed E-state index contributed by atoms with van der Waals surface area (Å²) in [6.07, 6.45) is 5.83. The minimum Gasteiger partial charge on any atom is -0.463 e. The molecule has 262 valence electrons. The summed E-state index contributed by atoms with van der Waals surface area (Å²) in [5, 5.41) is 0. The van der Waals surface area contributed by atoms with Crippen molar-refractivity contribution in [2.45, 2.75) is 98.2 Å². The van der Waals surface area contributed by atoms with Gasteiger partial charge in [-0.2, -0.15) is 0 Å². The van der Waals surface area contributed by atoms with Crippen molar-refractivity contribution in [2.75, 3.05) is 6.61 Å². The fraction of sp³-hybridized carbons (Fsp3) is 0.425. The van der Waals surface area contributed by atoms with Crippen LogP contribution in [0.15, 0.2) is 72.8 Å². The molecule has 0 radical (unpaired) electrons. The maximum Gasteiger partial charge on any atom is 0.348 e. The number of ketones is 1. The van der Waals surface area contributed by atoms with Crippen LogP contribution in [0.4, 0.5) is 0 Å². The van der Waals surface area contributed by atoms with Crippen LogP contribution >= 0.6 is 0 Å². The smallest absolute Gasteiger partial charge is 0.348 e. The quantitative estimate of drug-likeness (QED) is 0.0405. The summed E-state index contributed by atoms with van der Waals surface area (Å²) in [5.41, 5.74) is 2.98. The average molecular weight is 673 g/mol. The molecule has 49 heavy (non-hydrogen) atoms. The molecule has 0 spiro atoms. The highest BCUT2D eigenvalue weighted by molar-refractivity contribution is 5.96. The Labute approximate surface area is 289 Å². The molecule has 0 fully saturated rings. The van der Waals surface area contributed by atoms with Crippen molar-refractivity contribution in [1.29, 1.82) is 0 Å². The van der Waals surface area contributed by atoms with E-state index in [1.54, 1.807) is 12.1 Å². The van der Waals surface area contributed by atoms with Crippen molar-refractivity contribution < 1.29 is 42.9 Å². The van der Waals surface area contributed by atoms with Gasteiger partial charge in [-0.15, -0.1) is 0 Å². The van der Waals surface area contributed by atoms with Gasteiger partial charge in [0.25, 0.3) is 0 Å². The minimum atomic E-state index is -1.27. The molecule has 3 rings (SSSR count). The van der Waals surface area contributed by atoms with E-state index in [1.165, 1.54) is 63.8 Å². The lowest BCUT2D eigenvalue weighted by Gasteiger charge is -2.17. The number of hydrogen-bond donors (Lipinski definition) is 0. The molecular formula is C40H48O9. The highest BCUT2D eigenvalue weighted by atomic mass is 16.6. The number of ether oxygens (including phenoxy) is 4. The SMILES string of the molecule is CCCCCCCCC(=O)c1ccc(-c2ccc(C(=O)Oc3ccc(C(=O)OC(C)C(=O)OC(C)C(=O)OCC(C)CC)cc3)cc2)cc1.